The monoisotopic (exact) mass is 355 g/mol. The molecule has 0 saturated heterocycles. The van der Waals surface area contributed by atoms with E-state index in [-0.39, 0.29) is 29.8 Å². The summed E-state index contributed by atoms with van der Waals surface area (Å²) in [7, 11) is 1.61. The molecule has 8 nitrogen and oxygen atoms in total. The predicted octanol–water partition coefficient (Wildman–Crippen LogP) is 1.96. The number of fused-ring (bicyclic) bond motifs is 2. The van der Waals surface area contributed by atoms with Crippen molar-refractivity contribution in [1.29, 1.82) is 0 Å². The second-order valence-corrected chi connectivity index (χ2v) is 5.95. The zero-order valence-corrected chi connectivity index (χ0v) is 14.0. The van der Waals surface area contributed by atoms with Gasteiger partial charge in [-0.1, -0.05) is 0 Å². The first-order valence-electron chi connectivity index (χ1n) is 7.80. The smallest absolute Gasteiger partial charge is 0.302 e. The number of anilines is 1. The van der Waals surface area contributed by atoms with Crippen LogP contribution in [0.2, 0.25) is 0 Å². The van der Waals surface area contributed by atoms with Gasteiger partial charge in [0.15, 0.2) is 11.2 Å². The van der Waals surface area contributed by atoms with Crippen LogP contribution in [0.4, 0.5) is 10.4 Å². The molecular weight excluding hydrogens is 341 g/mol. The number of nitrogens with one attached hydrogen (secondary N) is 1. The number of oxazole rings is 1. The molecular formula is C17H14FN5O3. The lowest BCUT2D eigenvalue weighted by atomic mass is 10.2. The largest absolute Gasteiger partial charge is 0.423 e. The Morgan fingerprint density at radius 3 is 2.96 bits per heavy atom. The number of amides is 1. The number of pyridine rings is 1. The first kappa shape index (κ1) is 16.0. The summed E-state index contributed by atoms with van der Waals surface area (Å²) in [5.41, 5.74) is 2.10. The molecule has 0 radical (unpaired) electrons. The van der Waals surface area contributed by atoms with Crippen LogP contribution in [0, 0.1) is 12.7 Å². The number of rotatable bonds is 3. The Labute approximate surface area is 145 Å². The van der Waals surface area contributed by atoms with Gasteiger partial charge in [-0.3, -0.25) is 19.5 Å². The average Bonchev–Trinajstić information content (AvgIpc) is 3.15. The van der Waals surface area contributed by atoms with E-state index in [9.17, 15) is 14.0 Å². The zero-order valence-electron chi connectivity index (χ0n) is 14.0. The molecule has 1 N–H and O–H groups in total. The SMILES string of the molecule is Cc1cc2oc(NC(=O)Cn3cnc4c3ccc(=O)n4C)nc2cc1F. The second-order valence-electron chi connectivity index (χ2n) is 5.95. The summed E-state index contributed by atoms with van der Waals surface area (Å²) in [6, 6.07) is 5.80. The van der Waals surface area contributed by atoms with Crippen LogP contribution in [0.5, 0.6) is 0 Å². The fourth-order valence-corrected chi connectivity index (χ4v) is 2.72. The molecule has 1 amide bonds. The lowest BCUT2D eigenvalue weighted by molar-refractivity contribution is -0.116. The van der Waals surface area contributed by atoms with E-state index in [4.69, 9.17) is 4.42 Å². The summed E-state index contributed by atoms with van der Waals surface area (Å²) in [5.74, 6) is -0.777. The van der Waals surface area contributed by atoms with Crippen LogP contribution in [-0.2, 0) is 18.4 Å². The van der Waals surface area contributed by atoms with Crippen LogP contribution in [0.3, 0.4) is 0 Å². The molecule has 0 aliphatic heterocycles. The average molecular weight is 355 g/mol. The number of hydrogen-bond donors (Lipinski definition) is 1. The van der Waals surface area contributed by atoms with Gasteiger partial charge in [0, 0.05) is 19.2 Å². The van der Waals surface area contributed by atoms with Gasteiger partial charge < -0.3 is 8.98 Å². The van der Waals surface area contributed by atoms with Gasteiger partial charge >= 0.3 is 6.01 Å². The number of aromatic nitrogens is 4. The summed E-state index contributed by atoms with van der Waals surface area (Å²) in [6.07, 6.45) is 1.48. The Balaban J connectivity index is 1.58. The number of carbonyl (C=O) groups excluding carboxylic acids is 1. The summed E-state index contributed by atoms with van der Waals surface area (Å²) < 4.78 is 22.0. The number of aryl methyl sites for hydroxylation is 2. The molecule has 4 aromatic rings. The normalized spacial score (nSPS) is 11.3. The van der Waals surface area contributed by atoms with Gasteiger partial charge in [0.2, 0.25) is 5.91 Å². The summed E-state index contributed by atoms with van der Waals surface area (Å²) >= 11 is 0. The zero-order chi connectivity index (χ0) is 18.4. The number of benzene rings is 1. The molecule has 0 fully saturated rings. The third-order valence-corrected chi connectivity index (χ3v) is 4.12. The van der Waals surface area contributed by atoms with Gasteiger partial charge in [-0.2, -0.15) is 4.98 Å². The number of hydrogen-bond acceptors (Lipinski definition) is 5. The molecule has 9 heteroatoms. The van der Waals surface area contributed by atoms with Gasteiger partial charge in [0.25, 0.3) is 5.56 Å². The van der Waals surface area contributed by atoms with E-state index in [1.807, 2.05) is 0 Å². The Kier molecular flexibility index (Phi) is 3.57. The number of halogens is 1. The van der Waals surface area contributed by atoms with E-state index in [0.717, 1.165) is 0 Å². The maximum absolute atomic E-state index is 13.6. The van der Waals surface area contributed by atoms with E-state index in [1.54, 1.807) is 24.6 Å². The van der Waals surface area contributed by atoms with Crippen molar-refractivity contribution in [2.75, 3.05) is 5.32 Å². The molecule has 0 saturated carbocycles. The van der Waals surface area contributed by atoms with E-state index < -0.39 is 0 Å². The van der Waals surface area contributed by atoms with Crippen molar-refractivity contribution in [3.8, 4) is 0 Å². The van der Waals surface area contributed by atoms with Gasteiger partial charge in [-0.25, -0.2) is 9.37 Å². The quantitative estimate of drug-likeness (QED) is 0.606. The van der Waals surface area contributed by atoms with Crippen LogP contribution in [0.25, 0.3) is 22.3 Å². The van der Waals surface area contributed by atoms with Crippen molar-refractivity contribution in [2.24, 2.45) is 7.05 Å². The maximum atomic E-state index is 13.6. The van der Waals surface area contributed by atoms with Crippen molar-refractivity contribution in [3.63, 3.8) is 0 Å². The standard InChI is InChI=1S/C17H14FN5O3/c1-9-5-13-11(6-10(9)18)20-17(26-13)21-14(24)7-23-8-19-16-12(23)3-4-15(25)22(16)2/h3-6,8H,7H2,1-2H3,(H,20,21,24). The molecule has 0 unspecified atom stereocenters. The minimum absolute atomic E-state index is 0.00757. The highest BCUT2D eigenvalue weighted by atomic mass is 19.1. The fraction of sp³-hybridized carbons (Fsp3) is 0.176. The minimum atomic E-state index is -0.390. The Bertz CT molecular complexity index is 1180. The highest BCUT2D eigenvalue weighted by molar-refractivity contribution is 5.90. The molecule has 132 valence electrons. The van der Waals surface area contributed by atoms with E-state index >= 15 is 0 Å². The summed E-state index contributed by atoms with van der Waals surface area (Å²) in [5, 5.41) is 2.54. The summed E-state index contributed by atoms with van der Waals surface area (Å²) in [6.45, 7) is 1.58. The molecule has 1 aromatic carbocycles. The first-order valence-corrected chi connectivity index (χ1v) is 7.80. The third-order valence-electron chi connectivity index (χ3n) is 4.12. The maximum Gasteiger partial charge on any atom is 0.302 e. The van der Waals surface area contributed by atoms with Gasteiger partial charge in [-0.15, -0.1) is 0 Å². The molecule has 3 aromatic heterocycles. The Morgan fingerprint density at radius 1 is 1.35 bits per heavy atom. The van der Waals surface area contributed by atoms with Crippen LogP contribution in [-0.4, -0.2) is 25.0 Å². The number of carbonyl (C=O) groups is 1. The molecule has 26 heavy (non-hydrogen) atoms. The molecule has 0 atom stereocenters. The highest BCUT2D eigenvalue weighted by Gasteiger charge is 2.14. The molecule has 0 aliphatic carbocycles. The van der Waals surface area contributed by atoms with Crippen molar-refractivity contribution < 1.29 is 13.6 Å². The molecule has 3 heterocycles. The molecule has 0 aliphatic rings. The van der Waals surface area contributed by atoms with Crippen LogP contribution in [0.15, 0.2) is 39.8 Å². The van der Waals surface area contributed by atoms with Gasteiger partial charge in [0.05, 0.1) is 11.8 Å². The first-order chi connectivity index (χ1) is 12.4. The van der Waals surface area contributed by atoms with Crippen LogP contribution in [0.1, 0.15) is 5.56 Å². The van der Waals surface area contributed by atoms with Crippen molar-refractivity contribution in [1.82, 2.24) is 19.1 Å². The number of nitrogens with zero attached hydrogens (tertiary/aromatic N) is 4. The van der Waals surface area contributed by atoms with Crippen molar-refractivity contribution in [2.45, 2.75) is 13.5 Å². The minimum Gasteiger partial charge on any atom is -0.423 e. The molecule has 4 rings (SSSR count). The molecule has 0 spiro atoms. The lowest BCUT2D eigenvalue weighted by Crippen LogP contribution is -2.19. The van der Waals surface area contributed by atoms with Gasteiger partial charge in [-0.05, 0) is 24.6 Å². The van der Waals surface area contributed by atoms with Crippen molar-refractivity contribution in [3.05, 3.63) is 52.3 Å². The van der Waals surface area contributed by atoms with Crippen molar-refractivity contribution >= 4 is 34.2 Å². The second kappa shape index (κ2) is 5.80. The lowest BCUT2D eigenvalue weighted by Gasteiger charge is -2.04. The fourth-order valence-electron chi connectivity index (χ4n) is 2.72. The third kappa shape index (κ3) is 2.63. The van der Waals surface area contributed by atoms with E-state index in [2.05, 4.69) is 15.3 Å². The predicted molar refractivity (Wildman–Crippen MR) is 92.3 cm³/mol. The van der Waals surface area contributed by atoms with Crippen LogP contribution >= 0.6 is 0 Å². The van der Waals surface area contributed by atoms with Crippen LogP contribution < -0.4 is 10.9 Å². The Morgan fingerprint density at radius 2 is 2.15 bits per heavy atom. The van der Waals surface area contributed by atoms with Gasteiger partial charge in [0.1, 0.15) is 17.9 Å². The van der Waals surface area contributed by atoms with E-state index in [1.165, 1.54) is 29.1 Å². The Hall–Kier alpha value is -3.49. The topological polar surface area (TPSA) is 95.0 Å². The molecule has 0 bridgehead atoms. The van der Waals surface area contributed by atoms with E-state index in [0.29, 0.717) is 27.8 Å². The summed E-state index contributed by atoms with van der Waals surface area (Å²) in [4.78, 5) is 32.1. The number of imidazole rings is 1. The highest BCUT2D eigenvalue weighted by Crippen LogP contribution is 2.22.